The summed E-state index contributed by atoms with van der Waals surface area (Å²) in [7, 11) is 0. The van der Waals surface area contributed by atoms with Crippen LogP contribution in [-0.2, 0) is 14.3 Å². The quantitative estimate of drug-likeness (QED) is 0.697. The Morgan fingerprint density at radius 3 is 2.67 bits per heavy atom. The summed E-state index contributed by atoms with van der Waals surface area (Å²) in [5.74, 6) is -0.0246. The van der Waals surface area contributed by atoms with E-state index in [1.807, 2.05) is 6.92 Å². The highest BCUT2D eigenvalue weighted by atomic mass is 16.7. The number of hydrogen-bond donors (Lipinski definition) is 2. The molecule has 88 valence electrons. The molecule has 1 saturated heterocycles. The van der Waals surface area contributed by atoms with Crippen LogP contribution in [0.2, 0.25) is 0 Å². The molecule has 0 bridgehead atoms. The van der Waals surface area contributed by atoms with Crippen molar-refractivity contribution in [2.45, 2.75) is 45.1 Å². The zero-order valence-corrected chi connectivity index (χ0v) is 9.23. The van der Waals surface area contributed by atoms with Crippen molar-refractivity contribution in [1.29, 1.82) is 0 Å². The highest BCUT2D eigenvalue weighted by Gasteiger charge is 2.20. The summed E-state index contributed by atoms with van der Waals surface area (Å²) in [5, 5.41) is 11.9. The van der Waals surface area contributed by atoms with E-state index in [1.54, 1.807) is 0 Å². The molecule has 1 aliphatic heterocycles. The molecule has 2 N–H and O–H groups in total. The van der Waals surface area contributed by atoms with Gasteiger partial charge in [-0.05, 0) is 13.3 Å². The third kappa shape index (κ3) is 5.11. The van der Waals surface area contributed by atoms with Crippen molar-refractivity contribution in [2.24, 2.45) is 0 Å². The smallest absolute Gasteiger partial charge is 0.217 e. The molecule has 1 heterocycles. The van der Waals surface area contributed by atoms with Crippen molar-refractivity contribution < 1.29 is 19.4 Å². The second-order valence-corrected chi connectivity index (χ2v) is 3.93. The first-order valence-electron chi connectivity index (χ1n) is 5.26. The van der Waals surface area contributed by atoms with Crippen molar-refractivity contribution in [3.63, 3.8) is 0 Å². The van der Waals surface area contributed by atoms with Gasteiger partial charge < -0.3 is 19.9 Å². The Kier molecular flexibility index (Phi) is 5.01. The SMILES string of the molecule is CC(=O)N[C@@H](C)CCC1OCC(O)CO1. The molecule has 1 rings (SSSR count). The van der Waals surface area contributed by atoms with Crippen LogP contribution < -0.4 is 5.32 Å². The van der Waals surface area contributed by atoms with Gasteiger partial charge in [0.05, 0.1) is 13.2 Å². The van der Waals surface area contributed by atoms with E-state index >= 15 is 0 Å². The number of carbonyl (C=O) groups excluding carboxylic acids is 1. The first-order valence-corrected chi connectivity index (χ1v) is 5.26. The molecule has 1 amide bonds. The minimum absolute atomic E-state index is 0.0246. The third-order valence-corrected chi connectivity index (χ3v) is 2.23. The van der Waals surface area contributed by atoms with Gasteiger partial charge in [0.15, 0.2) is 6.29 Å². The molecule has 5 nitrogen and oxygen atoms in total. The summed E-state index contributed by atoms with van der Waals surface area (Å²) in [5.41, 5.74) is 0. The molecule has 5 heteroatoms. The number of aliphatic hydroxyl groups is 1. The zero-order valence-electron chi connectivity index (χ0n) is 9.23. The summed E-state index contributed by atoms with van der Waals surface area (Å²) >= 11 is 0. The Morgan fingerprint density at radius 2 is 2.13 bits per heavy atom. The first kappa shape index (κ1) is 12.4. The Hall–Kier alpha value is -0.650. The second kappa shape index (κ2) is 6.05. The van der Waals surface area contributed by atoms with Crippen LogP contribution in [0.1, 0.15) is 26.7 Å². The van der Waals surface area contributed by atoms with E-state index in [2.05, 4.69) is 5.32 Å². The van der Waals surface area contributed by atoms with Gasteiger partial charge in [-0.2, -0.15) is 0 Å². The van der Waals surface area contributed by atoms with Crippen LogP contribution in [0.25, 0.3) is 0 Å². The Labute approximate surface area is 89.8 Å². The number of ether oxygens (including phenoxy) is 2. The average Bonchev–Trinajstić information content (AvgIpc) is 2.16. The van der Waals surface area contributed by atoms with Gasteiger partial charge in [-0.25, -0.2) is 0 Å². The molecule has 0 radical (unpaired) electrons. The van der Waals surface area contributed by atoms with E-state index in [-0.39, 0.29) is 18.2 Å². The standard InChI is InChI=1S/C10H19NO4/c1-7(11-8(2)12)3-4-10-14-5-9(13)6-15-10/h7,9-10,13H,3-6H2,1-2H3,(H,11,12)/t7-,9?,10?/m0/s1. The van der Waals surface area contributed by atoms with Crippen molar-refractivity contribution in [3.8, 4) is 0 Å². The summed E-state index contributed by atoms with van der Waals surface area (Å²) in [6.45, 7) is 4.11. The molecule has 0 aromatic heterocycles. The van der Waals surface area contributed by atoms with E-state index in [1.165, 1.54) is 6.92 Å². The molecule has 0 spiro atoms. The number of amides is 1. The largest absolute Gasteiger partial charge is 0.388 e. The summed E-state index contributed by atoms with van der Waals surface area (Å²) in [4.78, 5) is 10.7. The van der Waals surface area contributed by atoms with Gasteiger partial charge in [-0.15, -0.1) is 0 Å². The normalized spacial score (nSPS) is 28.5. The van der Waals surface area contributed by atoms with E-state index in [0.29, 0.717) is 13.2 Å². The van der Waals surface area contributed by atoms with Gasteiger partial charge in [-0.1, -0.05) is 0 Å². The lowest BCUT2D eigenvalue weighted by molar-refractivity contribution is -0.218. The number of rotatable bonds is 4. The van der Waals surface area contributed by atoms with Gasteiger partial charge in [0.25, 0.3) is 0 Å². The van der Waals surface area contributed by atoms with Crippen LogP contribution in [0.3, 0.4) is 0 Å². The fraction of sp³-hybridized carbons (Fsp3) is 0.900. The Bertz CT molecular complexity index is 202. The lowest BCUT2D eigenvalue weighted by atomic mass is 10.1. The van der Waals surface area contributed by atoms with Crippen molar-refractivity contribution in [3.05, 3.63) is 0 Å². The highest BCUT2D eigenvalue weighted by Crippen LogP contribution is 2.12. The number of aliphatic hydroxyl groups excluding tert-OH is 1. The second-order valence-electron chi connectivity index (χ2n) is 3.93. The van der Waals surface area contributed by atoms with E-state index in [9.17, 15) is 4.79 Å². The maximum absolute atomic E-state index is 10.7. The molecule has 1 aliphatic rings. The maximum Gasteiger partial charge on any atom is 0.217 e. The monoisotopic (exact) mass is 217 g/mol. The lowest BCUT2D eigenvalue weighted by Gasteiger charge is -2.27. The number of carbonyl (C=O) groups is 1. The number of nitrogens with one attached hydrogen (secondary N) is 1. The molecule has 1 fully saturated rings. The molecular formula is C10H19NO4. The van der Waals surface area contributed by atoms with Crippen LogP contribution in [0.4, 0.5) is 0 Å². The molecular weight excluding hydrogens is 198 g/mol. The van der Waals surface area contributed by atoms with E-state index in [0.717, 1.165) is 12.8 Å². The minimum atomic E-state index is -0.506. The maximum atomic E-state index is 10.7. The molecule has 0 aliphatic carbocycles. The molecule has 0 aromatic rings. The Morgan fingerprint density at radius 1 is 1.53 bits per heavy atom. The van der Waals surface area contributed by atoms with Gasteiger partial charge >= 0.3 is 0 Å². The summed E-state index contributed by atoms with van der Waals surface area (Å²) in [6, 6.07) is 0.126. The predicted octanol–water partition coefficient (Wildman–Crippen LogP) is 0.0250. The van der Waals surface area contributed by atoms with E-state index < -0.39 is 6.10 Å². The average molecular weight is 217 g/mol. The van der Waals surface area contributed by atoms with Gasteiger partial charge in [0.2, 0.25) is 5.91 Å². The van der Waals surface area contributed by atoms with Crippen LogP contribution in [0.5, 0.6) is 0 Å². The van der Waals surface area contributed by atoms with Gasteiger partial charge in [0.1, 0.15) is 6.10 Å². The van der Waals surface area contributed by atoms with Gasteiger partial charge in [-0.3, -0.25) is 4.79 Å². The summed E-state index contributed by atoms with van der Waals surface area (Å²) in [6.07, 6.45) is 0.785. The summed E-state index contributed by atoms with van der Waals surface area (Å²) < 4.78 is 10.5. The van der Waals surface area contributed by atoms with Crippen LogP contribution >= 0.6 is 0 Å². The molecule has 0 aromatic carbocycles. The third-order valence-electron chi connectivity index (χ3n) is 2.23. The topological polar surface area (TPSA) is 67.8 Å². The highest BCUT2D eigenvalue weighted by molar-refractivity contribution is 5.73. The van der Waals surface area contributed by atoms with Crippen molar-refractivity contribution >= 4 is 5.91 Å². The number of hydrogen-bond acceptors (Lipinski definition) is 4. The first-order chi connectivity index (χ1) is 7.08. The predicted molar refractivity (Wildman–Crippen MR) is 54.2 cm³/mol. The lowest BCUT2D eigenvalue weighted by Crippen LogP contribution is -2.37. The fourth-order valence-corrected chi connectivity index (χ4v) is 1.50. The molecule has 15 heavy (non-hydrogen) atoms. The minimum Gasteiger partial charge on any atom is -0.388 e. The molecule has 0 unspecified atom stereocenters. The van der Waals surface area contributed by atoms with Crippen LogP contribution in [0.15, 0.2) is 0 Å². The molecule has 1 atom stereocenters. The van der Waals surface area contributed by atoms with Gasteiger partial charge in [0, 0.05) is 19.4 Å². The van der Waals surface area contributed by atoms with Crippen LogP contribution in [-0.4, -0.2) is 42.7 Å². The van der Waals surface area contributed by atoms with Crippen molar-refractivity contribution in [1.82, 2.24) is 5.32 Å². The fourth-order valence-electron chi connectivity index (χ4n) is 1.50. The van der Waals surface area contributed by atoms with Crippen molar-refractivity contribution in [2.75, 3.05) is 13.2 Å². The molecule has 0 saturated carbocycles. The van der Waals surface area contributed by atoms with E-state index in [4.69, 9.17) is 14.6 Å². The Balaban J connectivity index is 2.11. The zero-order chi connectivity index (χ0) is 11.3. The van der Waals surface area contributed by atoms with Crippen LogP contribution in [0, 0.1) is 0 Å².